The maximum absolute atomic E-state index is 13.5. The molecule has 190 valence electrons. The molecule has 1 aliphatic heterocycles. The molecule has 0 spiro atoms. The summed E-state index contributed by atoms with van der Waals surface area (Å²) in [7, 11) is 3.31. The molecule has 2 amide bonds. The molecule has 1 saturated heterocycles. The standard InChI is InChI=1S/C25H30ClF3N4O2/c1-32(2)24(35)19-10-11-20(31-22(19)26)33-15-12-17(13-16-33)7-6-14-30-23(34)21(25(27,28)29)18-8-4-3-5-9-18/h3-5,8-11,17,21H,6-7,12-16H2,1-2H3,(H,30,34). The fraction of sp³-hybridized carbons (Fsp3) is 0.480. The van der Waals surface area contributed by atoms with Crippen LogP contribution in [0.25, 0.3) is 0 Å². The number of benzene rings is 1. The predicted octanol–water partition coefficient (Wildman–Crippen LogP) is 4.90. The van der Waals surface area contributed by atoms with E-state index in [1.807, 2.05) is 0 Å². The Morgan fingerprint density at radius 1 is 1.14 bits per heavy atom. The molecule has 1 aromatic heterocycles. The summed E-state index contributed by atoms with van der Waals surface area (Å²) in [6.07, 6.45) is -1.41. The fourth-order valence-corrected chi connectivity index (χ4v) is 4.52. The van der Waals surface area contributed by atoms with Crippen LogP contribution in [0.2, 0.25) is 5.15 Å². The van der Waals surface area contributed by atoms with Gasteiger partial charge in [0.25, 0.3) is 5.91 Å². The predicted molar refractivity (Wildman–Crippen MR) is 130 cm³/mol. The van der Waals surface area contributed by atoms with Gasteiger partial charge in [-0.2, -0.15) is 13.2 Å². The number of nitrogens with zero attached hydrogens (tertiary/aromatic N) is 3. The zero-order valence-electron chi connectivity index (χ0n) is 19.8. The first-order valence-electron chi connectivity index (χ1n) is 11.6. The Hall–Kier alpha value is -2.81. The average Bonchev–Trinajstić information content (AvgIpc) is 2.81. The number of halogens is 4. The van der Waals surface area contributed by atoms with Gasteiger partial charge in [-0.3, -0.25) is 9.59 Å². The summed E-state index contributed by atoms with van der Waals surface area (Å²) in [5, 5.41) is 2.64. The Morgan fingerprint density at radius 2 is 1.80 bits per heavy atom. The summed E-state index contributed by atoms with van der Waals surface area (Å²) in [5.74, 6) is -2.25. The first kappa shape index (κ1) is 26.8. The number of pyridine rings is 1. The number of carbonyl (C=O) groups is 2. The number of alkyl halides is 3. The zero-order valence-corrected chi connectivity index (χ0v) is 20.6. The SMILES string of the molecule is CN(C)C(=O)c1ccc(N2CCC(CCCNC(=O)C(c3ccccc3)C(F)(F)F)CC2)nc1Cl. The van der Waals surface area contributed by atoms with Gasteiger partial charge in [-0.25, -0.2) is 4.98 Å². The Morgan fingerprint density at radius 3 is 2.37 bits per heavy atom. The van der Waals surface area contributed by atoms with Crippen molar-refractivity contribution >= 4 is 29.2 Å². The van der Waals surface area contributed by atoms with Crippen LogP contribution < -0.4 is 10.2 Å². The Balaban J connectivity index is 1.44. The van der Waals surface area contributed by atoms with Crippen molar-refractivity contribution in [3.05, 3.63) is 58.7 Å². The summed E-state index contributed by atoms with van der Waals surface area (Å²) < 4.78 is 40.4. The minimum Gasteiger partial charge on any atom is -0.357 e. The summed E-state index contributed by atoms with van der Waals surface area (Å²) in [6, 6.07) is 10.7. The highest BCUT2D eigenvalue weighted by molar-refractivity contribution is 6.32. The van der Waals surface area contributed by atoms with Gasteiger partial charge < -0.3 is 15.1 Å². The highest BCUT2D eigenvalue weighted by Gasteiger charge is 2.45. The van der Waals surface area contributed by atoms with Crippen LogP contribution in [0, 0.1) is 5.92 Å². The number of carbonyl (C=O) groups excluding carboxylic acids is 2. The third-order valence-corrected chi connectivity index (χ3v) is 6.51. The van der Waals surface area contributed by atoms with E-state index in [0.29, 0.717) is 17.9 Å². The van der Waals surface area contributed by atoms with Gasteiger partial charge in [-0.05, 0) is 49.3 Å². The van der Waals surface area contributed by atoms with Gasteiger partial charge in [0.1, 0.15) is 11.0 Å². The summed E-state index contributed by atoms with van der Waals surface area (Å²) in [4.78, 5) is 32.4. The van der Waals surface area contributed by atoms with Gasteiger partial charge in [0.15, 0.2) is 5.92 Å². The second-order valence-electron chi connectivity index (χ2n) is 8.96. The van der Waals surface area contributed by atoms with E-state index in [4.69, 9.17) is 11.6 Å². The van der Waals surface area contributed by atoms with Crippen molar-refractivity contribution in [2.45, 2.75) is 37.8 Å². The van der Waals surface area contributed by atoms with Gasteiger partial charge in [-0.1, -0.05) is 41.9 Å². The number of rotatable bonds is 8. The molecule has 3 rings (SSSR count). The van der Waals surface area contributed by atoms with Gasteiger partial charge in [0.05, 0.1) is 5.56 Å². The zero-order chi connectivity index (χ0) is 25.6. The molecule has 1 atom stereocenters. The summed E-state index contributed by atoms with van der Waals surface area (Å²) in [5.41, 5.74) is 0.301. The molecule has 10 heteroatoms. The molecule has 2 heterocycles. The number of aromatic nitrogens is 1. The van der Waals surface area contributed by atoms with E-state index in [1.165, 1.54) is 29.2 Å². The molecule has 6 nitrogen and oxygen atoms in total. The largest absolute Gasteiger partial charge is 0.404 e. The second-order valence-corrected chi connectivity index (χ2v) is 9.31. The normalized spacial score (nSPS) is 15.5. The molecule has 1 aliphatic rings. The van der Waals surface area contributed by atoms with Crippen LogP contribution in [0.15, 0.2) is 42.5 Å². The Kier molecular flexibility index (Phi) is 8.99. The van der Waals surface area contributed by atoms with Crippen LogP contribution in [0.3, 0.4) is 0 Å². The molecule has 2 aromatic rings. The van der Waals surface area contributed by atoms with Crippen LogP contribution in [0.1, 0.15) is 47.5 Å². The van der Waals surface area contributed by atoms with Crippen LogP contribution in [0.5, 0.6) is 0 Å². The molecule has 0 saturated carbocycles. The van der Waals surface area contributed by atoms with Crippen LogP contribution in [0.4, 0.5) is 19.0 Å². The lowest BCUT2D eigenvalue weighted by Gasteiger charge is -2.33. The van der Waals surface area contributed by atoms with Gasteiger partial charge in [0, 0.05) is 33.7 Å². The van der Waals surface area contributed by atoms with Gasteiger partial charge in [-0.15, -0.1) is 0 Å². The highest BCUT2D eigenvalue weighted by atomic mass is 35.5. The minimum atomic E-state index is -4.65. The van der Waals surface area contributed by atoms with Crippen LogP contribution in [-0.2, 0) is 4.79 Å². The van der Waals surface area contributed by atoms with Crippen molar-refractivity contribution in [3.63, 3.8) is 0 Å². The minimum absolute atomic E-state index is 0.0577. The lowest BCUT2D eigenvalue weighted by Crippen LogP contribution is -2.38. The van der Waals surface area contributed by atoms with Crippen LogP contribution in [-0.4, -0.2) is 61.6 Å². The topological polar surface area (TPSA) is 65.5 Å². The van der Waals surface area contributed by atoms with E-state index in [0.717, 1.165) is 38.2 Å². The summed E-state index contributed by atoms with van der Waals surface area (Å²) >= 11 is 6.23. The van der Waals surface area contributed by atoms with Crippen molar-refractivity contribution in [2.75, 3.05) is 38.6 Å². The van der Waals surface area contributed by atoms with Gasteiger partial charge >= 0.3 is 6.18 Å². The number of amides is 2. The average molecular weight is 511 g/mol. The fourth-order valence-electron chi connectivity index (χ4n) is 4.29. The summed E-state index contributed by atoms with van der Waals surface area (Å²) in [6.45, 7) is 1.74. The molecule has 35 heavy (non-hydrogen) atoms. The molecule has 1 unspecified atom stereocenters. The van der Waals surface area contributed by atoms with Crippen molar-refractivity contribution < 1.29 is 22.8 Å². The molecular formula is C25H30ClF3N4O2. The van der Waals surface area contributed by atoms with E-state index < -0.39 is 18.0 Å². The molecule has 1 fully saturated rings. The Bertz CT molecular complexity index is 1010. The molecular weight excluding hydrogens is 481 g/mol. The third kappa shape index (κ3) is 7.10. The van der Waals surface area contributed by atoms with E-state index in [2.05, 4.69) is 15.2 Å². The van der Waals surface area contributed by atoms with Crippen molar-refractivity contribution in [3.8, 4) is 0 Å². The maximum atomic E-state index is 13.5. The smallest absolute Gasteiger partial charge is 0.357 e. The molecule has 0 bridgehead atoms. The molecule has 0 aliphatic carbocycles. The van der Waals surface area contributed by atoms with E-state index in [1.54, 1.807) is 32.3 Å². The Labute approximate surface area is 208 Å². The van der Waals surface area contributed by atoms with Gasteiger partial charge in [0.2, 0.25) is 5.91 Å². The van der Waals surface area contributed by atoms with Crippen LogP contribution >= 0.6 is 11.6 Å². The molecule has 1 N–H and O–H groups in total. The molecule has 0 radical (unpaired) electrons. The maximum Gasteiger partial charge on any atom is 0.404 e. The van der Waals surface area contributed by atoms with Crippen molar-refractivity contribution in [1.82, 2.24) is 15.2 Å². The second kappa shape index (κ2) is 11.7. The number of hydrogen-bond acceptors (Lipinski definition) is 4. The highest BCUT2D eigenvalue weighted by Crippen LogP contribution is 2.35. The quantitative estimate of drug-likeness (QED) is 0.405. The lowest BCUT2D eigenvalue weighted by atomic mass is 9.92. The van der Waals surface area contributed by atoms with E-state index in [-0.39, 0.29) is 23.2 Å². The number of hydrogen-bond donors (Lipinski definition) is 1. The lowest BCUT2D eigenvalue weighted by molar-refractivity contribution is -0.164. The van der Waals surface area contributed by atoms with Crippen molar-refractivity contribution in [2.24, 2.45) is 5.92 Å². The van der Waals surface area contributed by atoms with E-state index in [9.17, 15) is 22.8 Å². The number of anilines is 1. The van der Waals surface area contributed by atoms with E-state index >= 15 is 0 Å². The first-order chi connectivity index (χ1) is 16.6. The monoisotopic (exact) mass is 510 g/mol. The first-order valence-corrected chi connectivity index (χ1v) is 12.0. The van der Waals surface area contributed by atoms with Crippen molar-refractivity contribution in [1.29, 1.82) is 0 Å². The number of nitrogens with one attached hydrogen (secondary N) is 1. The number of piperidine rings is 1. The molecule has 1 aromatic carbocycles. The third-order valence-electron chi connectivity index (χ3n) is 6.22.